The Morgan fingerprint density at radius 1 is 1.04 bits per heavy atom. The largest absolute Gasteiger partial charge is 0.469 e. The number of hydrogen-bond acceptors (Lipinski definition) is 6. The fourth-order valence-corrected chi connectivity index (χ4v) is 3.31. The monoisotopic (exact) mass is 376 g/mol. The Hall–Kier alpha value is -3.25. The van der Waals surface area contributed by atoms with Crippen molar-refractivity contribution in [3.63, 3.8) is 0 Å². The molecule has 5 nitrogen and oxygen atoms in total. The molecular weight excluding hydrogens is 360 g/mol. The van der Waals surface area contributed by atoms with Gasteiger partial charge < -0.3 is 9.47 Å². The SMILES string of the molecule is COC(=O)Cc1ccc(Oc2nc(-c3ccsc3)nc3ccccc23)cc1. The minimum absolute atomic E-state index is 0.232. The van der Waals surface area contributed by atoms with E-state index in [-0.39, 0.29) is 12.4 Å². The summed E-state index contributed by atoms with van der Waals surface area (Å²) in [4.78, 5) is 20.6. The molecule has 6 heteroatoms. The van der Waals surface area contributed by atoms with Crippen LogP contribution in [0.2, 0.25) is 0 Å². The number of hydrogen-bond donors (Lipinski definition) is 0. The molecule has 0 aliphatic heterocycles. The van der Waals surface area contributed by atoms with Crippen LogP contribution in [-0.2, 0) is 16.0 Å². The molecule has 0 unspecified atom stereocenters. The van der Waals surface area contributed by atoms with Gasteiger partial charge in [-0.1, -0.05) is 24.3 Å². The van der Waals surface area contributed by atoms with Gasteiger partial charge >= 0.3 is 5.97 Å². The number of methoxy groups -OCH3 is 1. The number of carbonyl (C=O) groups is 1. The maximum atomic E-state index is 11.4. The first-order chi connectivity index (χ1) is 13.2. The van der Waals surface area contributed by atoms with E-state index in [4.69, 9.17) is 9.47 Å². The van der Waals surface area contributed by atoms with Gasteiger partial charge in [0.25, 0.3) is 0 Å². The third-order valence-electron chi connectivity index (χ3n) is 4.06. The van der Waals surface area contributed by atoms with Gasteiger partial charge in [-0.25, -0.2) is 4.98 Å². The van der Waals surface area contributed by atoms with Crippen LogP contribution in [0.25, 0.3) is 22.3 Å². The van der Waals surface area contributed by atoms with Crippen molar-refractivity contribution in [1.82, 2.24) is 9.97 Å². The van der Waals surface area contributed by atoms with E-state index in [9.17, 15) is 4.79 Å². The lowest BCUT2D eigenvalue weighted by atomic mass is 10.1. The zero-order chi connectivity index (χ0) is 18.6. The fraction of sp³-hybridized carbons (Fsp3) is 0.0952. The molecule has 0 radical (unpaired) electrons. The highest BCUT2D eigenvalue weighted by molar-refractivity contribution is 7.08. The molecule has 0 aliphatic carbocycles. The number of carbonyl (C=O) groups excluding carboxylic acids is 1. The summed E-state index contributed by atoms with van der Waals surface area (Å²) in [6.45, 7) is 0. The van der Waals surface area contributed by atoms with Gasteiger partial charge in [0.2, 0.25) is 5.88 Å². The van der Waals surface area contributed by atoms with Gasteiger partial charge in [-0.2, -0.15) is 16.3 Å². The first-order valence-electron chi connectivity index (χ1n) is 8.36. The number of rotatable bonds is 5. The van der Waals surface area contributed by atoms with Crippen molar-refractivity contribution >= 4 is 28.2 Å². The van der Waals surface area contributed by atoms with Crippen LogP contribution in [-0.4, -0.2) is 23.0 Å². The van der Waals surface area contributed by atoms with Crippen LogP contribution in [0.3, 0.4) is 0 Å². The molecule has 0 N–H and O–H groups in total. The molecule has 4 rings (SSSR count). The number of esters is 1. The van der Waals surface area contributed by atoms with E-state index < -0.39 is 0 Å². The Morgan fingerprint density at radius 2 is 1.85 bits per heavy atom. The lowest BCUT2D eigenvalue weighted by Crippen LogP contribution is -2.04. The second-order valence-corrected chi connectivity index (χ2v) is 6.66. The number of aromatic nitrogens is 2. The normalized spacial score (nSPS) is 10.7. The number of para-hydroxylation sites is 1. The zero-order valence-electron chi connectivity index (χ0n) is 14.6. The van der Waals surface area contributed by atoms with Crippen molar-refractivity contribution in [2.45, 2.75) is 6.42 Å². The second kappa shape index (κ2) is 7.55. The van der Waals surface area contributed by atoms with E-state index in [0.29, 0.717) is 17.5 Å². The molecule has 0 fully saturated rings. The Labute approximate surface area is 160 Å². The van der Waals surface area contributed by atoms with E-state index in [2.05, 4.69) is 9.97 Å². The van der Waals surface area contributed by atoms with Crippen molar-refractivity contribution in [3.05, 3.63) is 70.9 Å². The van der Waals surface area contributed by atoms with Crippen LogP contribution >= 0.6 is 11.3 Å². The van der Waals surface area contributed by atoms with Gasteiger partial charge in [0.15, 0.2) is 5.82 Å². The molecule has 27 heavy (non-hydrogen) atoms. The molecule has 0 saturated carbocycles. The minimum atomic E-state index is -0.272. The predicted molar refractivity (Wildman–Crippen MR) is 105 cm³/mol. The van der Waals surface area contributed by atoms with Crippen molar-refractivity contribution < 1.29 is 14.3 Å². The van der Waals surface area contributed by atoms with Crippen LogP contribution in [0.1, 0.15) is 5.56 Å². The molecule has 4 aromatic rings. The molecule has 0 bridgehead atoms. The summed E-state index contributed by atoms with van der Waals surface area (Å²) in [6, 6.07) is 17.1. The van der Waals surface area contributed by atoms with Gasteiger partial charge in [-0.15, -0.1) is 0 Å². The maximum Gasteiger partial charge on any atom is 0.309 e. The predicted octanol–water partition coefficient (Wildman–Crippen LogP) is 4.87. The quantitative estimate of drug-likeness (QED) is 0.465. The van der Waals surface area contributed by atoms with Gasteiger partial charge in [0.05, 0.1) is 24.4 Å². The van der Waals surface area contributed by atoms with Crippen molar-refractivity contribution in [1.29, 1.82) is 0 Å². The highest BCUT2D eigenvalue weighted by Crippen LogP contribution is 2.30. The topological polar surface area (TPSA) is 61.3 Å². The first kappa shape index (κ1) is 17.2. The summed E-state index contributed by atoms with van der Waals surface area (Å²) >= 11 is 1.60. The highest BCUT2D eigenvalue weighted by Gasteiger charge is 2.12. The number of benzene rings is 2. The number of nitrogens with zero attached hydrogens (tertiary/aromatic N) is 2. The Kier molecular flexibility index (Phi) is 4.80. The van der Waals surface area contributed by atoms with E-state index in [0.717, 1.165) is 22.0 Å². The van der Waals surface area contributed by atoms with Gasteiger partial charge in [-0.3, -0.25) is 4.79 Å². The molecule has 134 valence electrons. The summed E-state index contributed by atoms with van der Waals surface area (Å²) in [5, 5.41) is 4.85. The average molecular weight is 376 g/mol. The molecule has 0 aliphatic rings. The van der Waals surface area contributed by atoms with E-state index in [1.54, 1.807) is 11.3 Å². The van der Waals surface area contributed by atoms with Crippen molar-refractivity contribution in [3.8, 4) is 23.0 Å². The summed E-state index contributed by atoms with van der Waals surface area (Å²) in [6.07, 6.45) is 0.232. The van der Waals surface area contributed by atoms with Crippen molar-refractivity contribution in [2.24, 2.45) is 0 Å². The van der Waals surface area contributed by atoms with Gasteiger partial charge in [0, 0.05) is 10.9 Å². The number of ether oxygens (including phenoxy) is 2. The molecule has 2 aromatic carbocycles. The summed E-state index contributed by atoms with van der Waals surface area (Å²) in [7, 11) is 1.38. The van der Waals surface area contributed by atoms with Crippen molar-refractivity contribution in [2.75, 3.05) is 7.11 Å². The van der Waals surface area contributed by atoms with Crippen LogP contribution < -0.4 is 4.74 Å². The van der Waals surface area contributed by atoms with Crippen LogP contribution in [0.4, 0.5) is 0 Å². The fourth-order valence-electron chi connectivity index (χ4n) is 2.67. The Morgan fingerprint density at radius 3 is 2.59 bits per heavy atom. The van der Waals surface area contributed by atoms with Crippen LogP contribution in [0.5, 0.6) is 11.6 Å². The Bertz CT molecular complexity index is 1080. The van der Waals surface area contributed by atoms with Gasteiger partial charge in [0.1, 0.15) is 5.75 Å². The molecule has 0 saturated heterocycles. The molecule has 0 amide bonds. The van der Waals surface area contributed by atoms with Crippen LogP contribution in [0.15, 0.2) is 65.4 Å². The second-order valence-electron chi connectivity index (χ2n) is 5.88. The molecule has 2 aromatic heterocycles. The van der Waals surface area contributed by atoms with Crippen LogP contribution in [0, 0.1) is 0 Å². The van der Waals surface area contributed by atoms with E-state index >= 15 is 0 Å². The maximum absolute atomic E-state index is 11.4. The van der Waals surface area contributed by atoms with E-state index in [1.807, 2.05) is 65.4 Å². The Balaban J connectivity index is 1.67. The lowest BCUT2D eigenvalue weighted by Gasteiger charge is -2.10. The average Bonchev–Trinajstić information content (AvgIpc) is 3.24. The summed E-state index contributed by atoms with van der Waals surface area (Å²) in [5.74, 6) is 1.50. The minimum Gasteiger partial charge on any atom is -0.469 e. The molecule has 0 atom stereocenters. The molecule has 2 heterocycles. The number of fused-ring (bicyclic) bond motifs is 1. The number of thiophene rings is 1. The summed E-state index contributed by atoms with van der Waals surface area (Å²) < 4.78 is 10.7. The molecule has 0 spiro atoms. The first-order valence-corrected chi connectivity index (χ1v) is 9.30. The summed E-state index contributed by atoms with van der Waals surface area (Å²) in [5.41, 5.74) is 2.65. The smallest absolute Gasteiger partial charge is 0.309 e. The third kappa shape index (κ3) is 3.80. The van der Waals surface area contributed by atoms with Gasteiger partial charge in [-0.05, 0) is 41.3 Å². The third-order valence-corrected chi connectivity index (χ3v) is 4.74. The lowest BCUT2D eigenvalue weighted by molar-refractivity contribution is -0.139. The standard InChI is InChI=1S/C21H16N2O3S/c1-25-19(24)12-14-6-8-16(9-7-14)26-21-17-4-2-3-5-18(17)22-20(23-21)15-10-11-27-13-15/h2-11,13H,12H2,1H3. The zero-order valence-corrected chi connectivity index (χ0v) is 15.4. The van der Waals surface area contributed by atoms with E-state index in [1.165, 1.54) is 7.11 Å². The highest BCUT2D eigenvalue weighted by atomic mass is 32.1. The molecular formula is C21H16N2O3S.